The quantitative estimate of drug-likeness (QED) is 0.803. The minimum absolute atomic E-state index is 0.00288. The van der Waals surface area contributed by atoms with Gasteiger partial charge in [0.2, 0.25) is 5.91 Å². The predicted molar refractivity (Wildman–Crippen MR) is 80.7 cm³/mol. The van der Waals surface area contributed by atoms with E-state index in [-0.39, 0.29) is 12.2 Å². The van der Waals surface area contributed by atoms with E-state index in [1.54, 1.807) is 0 Å². The Kier molecular flexibility index (Phi) is 5.84. The molecule has 1 saturated heterocycles. The summed E-state index contributed by atoms with van der Waals surface area (Å²) in [6.07, 6.45) is 1.26. The molecule has 19 heavy (non-hydrogen) atoms. The molecule has 1 amide bonds. The number of amides is 1. The van der Waals surface area contributed by atoms with Gasteiger partial charge in [0.1, 0.15) is 0 Å². The van der Waals surface area contributed by atoms with Crippen LogP contribution in [-0.2, 0) is 4.79 Å². The van der Waals surface area contributed by atoms with Crippen molar-refractivity contribution in [3.8, 4) is 0 Å². The molecule has 0 bridgehead atoms. The van der Waals surface area contributed by atoms with Crippen molar-refractivity contribution in [3.05, 3.63) is 0 Å². The van der Waals surface area contributed by atoms with Crippen molar-refractivity contribution in [3.63, 3.8) is 0 Å². The number of hydrogen-bond donors (Lipinski definition) is 1. The van der Waals surface area contributed by atoms with Crippen LogP contribution in [0, 0.1) is 23.7 Å². The lowest BCUT2D eigenvalue weighted by Gasteiger charge is -2.29. The SMILES string of the molecule is CC(C)CC1NC(C(C)C)C(=O)N1CC(C)C(C)C. The topological polar surface area (TPSA) is 32.3 Å². The number of carbonyl (C=O) groups excluding carboxylic acids is 1. The predicted octanol–water partition coefficient (Wildman–Crippen LogP) is 3.11. The van der Waals surface area contributed by atoms with E-state index < -0.39 is 0 Å². The van der Waals surface area contributed by atoms with Gasteiger partial charge in [0.25, 0.3) is 0 Å². The molecule has 3 heteroatoms. The lowest BCUT2D eigenvalue weighted by atomic mass is 9.96. The fourth-order valence-corrected chi connectivity index (χ4v) is 2.56. The monoisotopic (exact) mass is 268 g/mol. The maximum absolute atomic E-state index is 12.6. The minimum atomic E-state index is 0.00288. The summed E-state index contributed by atoms with van der Waals surface area (Å²) >= 11 is 0. The van der Waals surface area contributed by atoms with E-state index >= 15 is 0 Å². The molecule has 3 unspecified atom stereocenters. The third kappa shape index (κ3) is 4.20. The molecule has 1 fully saturated rings. The van der Waals surface area contributed by atoms with Gasteiger partial charge < -0.3 is 4.90 Å². The minimum Gasteiger partial charge on any atom is -0.326 e. The molecule has 0 aromatic carbocycles. The maximum atomic E-state index is 12.6. The Morgan fingerprint density at radius 3 is 2.11 bits per heavy atom. The highest BCUT2D eigenvalue weighted by molar-refractivity contribution is 5.84. The summed E-state index contributed by atoms with van der Waals surface area (Å²) in [6.45, 7) is 16.3. The zero-order chi connectivity index (χ0) is 14.7. The molecule has 1 heterocycles. The standard InChI is InChI=1S/C16H32N2O/c1-10(2)8-14-17-15(12(5)6)16(19)18(14)9-13(7)11(3)4/h10-15,17H,8-9H2,1-7H3. The molecule has 0 saturated carbocycles. The van der Waals surface area contributed by atoms with Crippen LogP contribution in [0.1, 0.15) is 54.9 Å². The van der Waals surface area contributed by atoms with Crippen molar-refractivity contribution >= 4 is 5.91 Å². The second-order valence-electron chi connectivity index (χ2n) is 7.25. The Hall–Kier alpha value is -0.570. The molecule has 0 aliphatic carbocycles. The zero-order valence-corrected chi connectivity index (χ0v) is 13.7. The van der Waals surface area contributed by atoms with Gasteiger partial charge in [-0.15, -0.1) is 0 Å². The molecule has 3 atom stereocenters. The molecule has 0 aromatic heterocycles. The van der Waals surface area contributed by atoms with E-state index in [2.05, 4.69) is 58.7 Å². The average molecular weight is 268 g/mol. The summed E-state index contributed by atoms with van der Waals surface area (Å²) < 4.78 is 0. The fraction of sp³-hybridized carbons (Fsp3) is 0.938. The van der Waals surface area contributed by atoms with Crippen molar-refractivity contribution in [1.82, 2.24) is 10.2 Å². The van der Waals surface area contributed by atoms with Crippen LogP contribution >= 0.6 is 0 Å². The summed E-state index contributed by atoms with van der Waals surface area (Å²) in [4.78, 5) is 14.7. The Bertz CT molecular complexity index is 299. The van der Waals surface area contributed by atoms with Gasteiger partial charge in [0.05, 0.1) is 12.2 Å². The molecule has 0 spiro atoms. The largest absolute Gasteiger partial charge is 0.326 e. The van der Waals surface area contributed by atoms with Crippen LogP contribution in [0.4, 0.5) is 0 Å². The second kappa shape index (κ2) is 6.74. The van der Waals surface area contributed by atoms with Crippen LogP contribution < -0.4 is 5.32 Å². The van der Waals surface area contributed by atoms with E-state index in [1.807, 2.05) is 0 Å². The third-order valence-electron chi connectivity index (χ3n) is 4.28. The van der Waals surface area contributed by atoms with Crippen LogP contribution in [0.5, 0.6) is 0 Å². The number of rotatable bonds is 6. The van der Waals surface area contributed by atoms with Crippen molar-refractivity contribution < 1.29 is 4.79 Å². The van der Waals surface area contributed by atoms with E-state index in [1.165, 1.54) is 0 Å². The van der Waals surface area contributed by atoms with Crippen molar-refractivity contribution in [1.29, 1.82) is 0 Å². The van der Waals surface area contributed by atoms with Gasteiger partial charge in [-0.1, -0.05) is 48.5 Å². The van der Waals surface area contributed by atoms with Crippen molar-refractivity contribution in [2.24, 2.45) is 23.7 Å². The van der Waals surface area contributed by atoms with Crippen LogP contribution in [0.2, 0.25) is 0 Å². The van der Waals surface area contributed by atoms with Gasteiger partial charge in [0.15, 0.2) is 0 Å². The molecule has 1 N–H and O–H groups in total. The van der Waals surface area contributed by atoms with Gasteiger partial charge >= 0.3 is 0 Å². The van der Waals surface area contributed by atoms with E-state index in [0.29, 0.717) is 29.6 Å². The molecule has 3 nitrogen and oxygen atoms in total. The lowest BCUT2D eigenvalue weighted by molar-refractivity contribution is -0.131. The number of hydrogen-bond acceptors (Lipinski definition) is 2. The first kappa shape index (κ1) is 16.5. The van der Waals surface area contributed by atoms with Gasteiger partial charge in [-0.2, -0.15) is 0 Å². The highest BCUT2D eigenvalue weighted by atomic mass is 16.2. The van der Waals surface area contributed by atoms with Crippen LogP contribution in [0.3, 0.4) is 0 Å². The van der Waals surface area contributed by atoms with E-state index in [4.69, 9.17) is 0 Å². The van der Waals surface area contributed by atoms with E-state index in [9.17, 15) is 4.79 Å². The average Bonchev–Trinajstić information content (AvgIpc) is 2.56. The smallest absolute Gasteiger partial charge is 0.241 e. The Labute approximate surface area is 119 Å². The Morgan fingerprint density at radius 2 is 1.68 bits per heavy atom. The molecule has 0 radical (unpaired) electrons. The highest BCUT2D eigenvalue weighted by Gasteiger charge is 2.40. The molecule has 1 aliphatic heterocycles. The molecular weight excluding hydrogens is 236 g/mol. The molecule has 0 aromatic rings. The maximum Gasteiger partial charge on any atom is 0.241 e. The van der Waals surface area contributed by atoms with Crippen molar-refractivity contribution in [2.45, 2.75) is 67.1 Å². The number of carbonyl (C=O) groups is 1. The van der Waals surface area contributed by atoms with Gasteiger partial charge in [-0.25, -0.2) is 0 Å². The normalized spacial score (nSPS) is 26.0. The zero-order valence-electron chi connectivity index (χ0n) is 13.7. The molecule has 1 rings (SSSR count). The summed E-state index contributed by atoms with van der Waals surface area (Å²) in [5, 5.41) is 3.54. The van der Waals surface area contributed by atoms with E-state index in [0.717, 1.165) is 13.0 Å². The Morgan fingerprint density at radius 1 is 1.11 bits per heavy atom. The molecule has 1 aliphatic rings. The number of nitrogens with one attached hydrogen (secondary N) is 1. The van der Waals surface area contributed by atoms with Gasteiger partial charge in [0, 0.05) is 6.54 Å². The van der Waals surface area contributed by atoms with Crippen molar-refractivity contribution in [2.75, 3.05) is 6.54 Å². The van der Waals surface area contributed by atoms with Crippen LogP contribution in [0.25, 0.3) is 0 Å². The van der Waals surface area contributed by atoms with Crippen LogP contribution in [0.15, 0.2) is 0 Å². The Balaban J connectivity index is 2.79. The van der Waals surface area contributed by atoms with Crippen LogP contribution in [-0.4, -0.2) is 29.6 Å². The fourth-order valence-electron chi connectivity index (χ4n) is 2.56. The summed E-state index contributed by atoms with van der Waals surface area (Å²) in [5.74, 6) is 2.43. The second-order valence-corrected chi connectivity index (χ2v) is 7.25. The van der Waals surface area contributed by atoms with Gasteiger partial charge in [-0.3, -0.25) is 10.1 Å². The summed E-state index contributed by atoms with van der Waals surface area (Å²) in [7, 11) is 0. The molecule has 112 valence electrons. The third-order valence-corrected chi connectivity index (χ3v) is 4.28. The summed E-state index contributed by atoms with van der Waals surface area (Å²) in [5.41, 5.74) is 0. The van der Waals surface area contributed by atoms with Gasteiger partial charge in [-0.05, 0) is 30.1 Å². The first-order valence-corrected chi connectivity index (χ1v) is 7.80. The molecular formula is C16H32N2O. The highest BCUT2D eigenvalue weighted by Crippen LogP contribution is 2.24. The summed E-state index contributed by atoms with van der Waals surface area (Å²) in [6, 6.07) is 0.00288. The number of nitrogens with zero attached hydrogens (tertiary/aromatic N) is 1. The first-order valence-electron chi connectivity index (χ1n) is 7.80. The lowest BCUT2D eigenvalue weighted by Crippen LogP contribution is -2.41. The first-order chi connectivity index (χ1) is 8.73.